The van der Waals surface area contributed by atoms with Gasteiger partial charge in [0.05, 0.1) is 6.61 Å². The van der Waals surface area contributed by atoms with Crippen molar-refractivity contribution in [3.63, 3.8) is 0 Å². The lowest BCUT2D eigenvalue weighted by atomic mass is 9.76. The minimum atomic E-state index is 0.000129. The molecule has 16 heavy (non-hydrogen) atoms. The largest absolute Gasteiger partial charge is 0.494 e. The van der Waals surface area contributed by atoms with Crippen LogP contribution >= 0.6 is 0 Å². The van der Waals surface area contributed by atoms with E-state index in [1.54, 1.807) is 0 Å². The Kier molecular flexibility index (Phi) is 2.70. The Balaban J connectivity index is 2.21. The molecule has 0 atom stereocenters. The average molecular weight is 219 g/mol. The summed E-state index contributed by atoms with van der Waals surface area (Å²) in [5, 5.41) is 0. The molecule has 2 heteroatoms. The summed E-state index contributed by atoms with van der Waals surface area (Å²) in [6.07, 6.45) is 2.26. The molecule has 0 bridgehead atoms. The highest BCUT2D eigenvalue weighted by Crippen LogP contribution is 2.49. The van der Waals surface area contributed by atoms with E-state index in [9.17, 15) is 0 Å². The van der Waals surface area contributed by atoms with Crippen molar-refractivity contribution in [1.29, 1.82) is 0 Å². The zero-order chi connectivity index (χ0) is 11.8. The molecule has 1 aliphatic carbocycles. The molecule has 0 aliphatic heterocycles. The second-order valence-electron chi connectivity index (χ2n) is 5.24. The third kappa shape index (κ3) is 1.82. The molecule has 1 aliphatic rings. The summed E-state index contributed by atoms with van der Waals surface area (Å²) in [6, 6.07) is 8.34. The van der Waals surface area contributed by atoms with Crippen molar-refractivity contribution in [1.82, 2.24) is 0 Å². The van der Waals surface area contributed by atoms with Crippen molar-refractivity contribution in [2.75, 3.05) is 6.61 Å². The number of ether oxygens (including phenoxy) is 1. The van der Waals surface area contributed by atoms with E-state index in [2.05, 4.69) is 26.0 Å². The molecule has 0 unspecified atom stereocenters. The third-order valence-corrected chi connectivity index (χ3v) is 3.92. The van der Waals surface area contributed by atoms with Gasteiger partial charge in [-0.3, -0.25) is 0 Å². The highest BCUT2D eigenvalue weighted by Gasteiger charge is 2.51. The molecule has 1 fully saturated rings. The second-order valence-corrected chi connectivity index (χ2v) is 5.24. The number of hydrogen-bond donors (Lipinski definition) is 1. The molecule has 0 spiro atoms. The van der Waals surface area contributed by atoms with Gasteiger partial charge in [-0.15, -0.1) is 0 Å². The Morgan fingerprint density at radius 3 is 2.25 bits per heavy atom. The molecule has 1 aromatic rings. The maximum absolute atomic E-state index is 6.32. The zero-order valence-electron chi connectivity index (χ0n) is 10.4. The monoisotopic (exact) mass is 219 g/mol. The molecule has 1 aromatic carbocycles. The topological polar surface area (TPSA) is 35.2 Å². The summed E-state index contributed by atoms with van der Waals surface area (Å²) in [4.78, 5) is 0. The van der Waals surface area contributed by atoms with Gasteiger partial charge < -0.3 is 10.5 Å². The summed E-state index contributed by atoms with van der Waals surface area (Å²) >= 11 is 0. The van der Waals surface area contributed by atoms with Crippen LogP contribution in [0.15, 0.2) is 24.3 Å². The maximum Gasteiger partial charge on any atom is 0.119 e. The molecule has 2 nitrogen and oxygen atoms in total. The van der Waals surface area contributed by atoms with Crippen LogP contribution in [-0.4, -0.2) is 12.1 Å². The van der Waals surface area contributed by atoms with Crippen molar-refractivity contribution in [3.8, 4) is 5.75 Å². The second kappa shape index (κ2) is 3.77. The standard InChI is InChI=1S/C14H21NO/c1-4-16-12-7-5-11(6-8-12)13(2,3)14(15)9-10-14/h5-8H,4,9-10,15H2,1-3H3. The number of nitrogens with two attached hydrogens (primary N) is 1. The lowest BCUT2D eigenvalue weighted by molar-refractivity contribution is 0.339. The molecule has 88 valence electrons. The Bertz CT molecular complexity index is 363. The predicted molar refractivity (Wildman–Crippen MR) is 66.8 cm³/mol. The molecular formula is C14H21NO. The fourth-order valence-corrected chi connectivity index (χ4v) is 2.18. The van der Waals surface area contributed by atoms with Crippen molar-refractivity contribution < 1.29 is 4.74 Å². The van der Waals surface area contributed by atoms with E-state index in [0.717, 1.165) is 18.6 Å². The van der Waals surface area contributed by atoms with Gasteiger partial charge in [-0.05, 0) is 37.5 Å². The van der Waals surface area contributed by atoms with Gasteiger partial charge in [0.25, 0.3) is 0 Å². The van der Waals surface area contributed by atoms with Crippen LogP contribution in [0.3, 0.4) is 0 Å². The highest BCUT2D eigenvalue weighted by molar-refractivity contribution is 5.36. The van der Waals surface area contributed by atoms with E-state index in [0.29, 0.717) is 6.61 Å². The van der Waals surface area contributed by atoms with E-state index >= 15 is 0 Å². The SMILES string of the molecule is CCOc1ccc(C(C)(C)C2(N)CC2)cc1. The Morgan fingerprint density at radius 2 is 1.81 bits per heavy atom. The average Bonchev–Trinajstić information content (AvgIpc) is 3.00. The van der Waals surface area contributed by atoms with Gasteiger partial charge in [0.2, 0.25) is 0 Å². The van der Waals surface area contributed by atoms with Gasteiger partial charge in [-0.25, -0.2) is 0 Å². The fourth-order valence-electron chi connectivity index (χ4n) is 2.18. The summed E-state index contributed by atoms with van der Waals surface area (Å²) in [7, 11) is 0. The van der Waals surface area contributed by atoms with Crippen LogP contribution in [0.5, 0.6) is 5.75 Å². The first-order valence-corrected chi connectivity index (χ1v) is 6.02. The van der Waals surface area contributed by atoms with Gasteiger partial charge in [0.1, 0.15) is 5.75 Å². The van der Waals surface area contributed by atoms with Crippen molar-refractivity contribution in [2.45, 2.75) is 44.6 Å². The van der Waals surface area contributed by atoms with E-state index in [-0.39, 0.29) is 11.0 Å². The van der Waals surface area contributed by atoms with E-state index in [1.807, 2.05) is 19.1 Å². The van der Waals surface area contributed by atoms with Gasteiger partial charge in [0, 0.05) is 11.0 Å². The van der Waals surface area contributed by atoms with E-state index in [4.69, 9.17) is 10.5 Å². The third-order valence-electron chi connectivity index (χ3n) is 3.92. The first-order chi connectivity index (χ1) is 7.49. The Morgan fingerprint density at radius 1 is 1.25 bits per heavy atom. The Hall–Kier alpha value is -1.02. The smallest absolute Gasteiger partial charge is 0.119 e. The first kappa shape index (κ1) is 11.5. The molecule has 0 saturated heterocycles. The molecule has 0 amide bonds. The fraction of sp³-hybridized carbons (Fsp3) is 0.571. The first-order valence-electron chi connectivity index (χ1n) is 6.02. The number of hydrogen-bond acceptors (Lipinski definition) is 2. The van der Waals surface area contributed by atoms with Crippen LogP contribution in [0.4, 0.5) is 0 Å². The summed E-state index contributed by atoms with van der Waals surface area (Å²) in [5.41, 5.74) is 7.68. The number of rotatable bonds is 4. The lowest BCUT2D eigenvalue weighted by Crippen LogP contribution is -2.43. The predicted octanol–water partition coefficient (Wildman–Crippen LogP) is 2.85. The van der Waals surface area contributed by atoms with E-state index in [1.165, 1.54) is 5.56 Å². The van der Waals surface area contributed by atoms with Gasteiger partial charge in [-0.2, -0.15) is 0 Å². The molecule has 0 aromatic heterocycles. The summed E-state index contributed by atoms with van der Waals surface area (Å²) in [6.45, 7) is 7.17. The van der Waals surface area contributed by atoms with Crippen LogP contribution in [0.1, 0.15) is 39.2 Å². The van der Waals surface area contributed by atoms with Crippen LogP contribution in [-0.2, 0) is 5.41 Å². The molecule has 0 radical (unpaired) electrons. The van der Waals surface area contributed by atoms with Crippen LogP contribution in [0.2, 0.25) is 0 Å². The molecular weight excluding hydrogens is 198 g/mol. The van der Waals surface area contributed by atoms with Crippen molar-refractivity contribution >= 4 is 0 Å². The highest BCUT2D eigenvalue weighted by atomic mass is 16.5. The zero-order valence-corrected chi connectivity index (χ0v) is 10.4. The molecule has 2 N–H and O–H groups in total. The summed E-state index contributed by atoms with van der Waals surface area (Å²) in [5.74, 6) is 0.934. The minimum Gasteiger partial charge on any atom is -0.494 e. The van der Waals surface area contributed by atoms with Crippen LogP contribution < -0.4 is 10.5 Å². The van der Waals surface area contributed by atoms with Crippen molar-refractivity contribution in [3.05, 3.63) is 29.8 Å². The van der Waals surface area contributed by atoms with Gasteiger partial charge in [-0.1, -0.05) is 26.0 Å². The minimum absolute atomic E-state index is 0.000129. The van der Waals surface area contributed by atoms with E-state index < -0.39 is 0 Å². The molecule has 0 heterocycles. The molecule has 2 rings (SSSR count). The Labute approximate surface area is 97.8 Å². The van der Waals surface area contributed by atoms with Crippen molar-refractivity contribution in [2.24, 2.45) is 5.73 Å². The van der Waals surface area contributed by atoms with Gasteiger partial charge in [0.15, 0.2) is 0 Å². The summed E-state index contributed by atoms with van der Waals surface area (Å²) < 4.78 is 5.44. The number of benzene rings is 1. The maximum atomic E-state index is 6.32. The lowest BCUT2D eigenvalue weighted by Gasteiger charge is -2.32. The quantitative estimate of drug-likeness (QED) is 0.845. The van der Waals surface area contributed by atoms with Gasteiger partial charge >= 0.3 is 0 Å². The normalized spacial score (nSPS) is 18.2. The molecule has 1 saturated carbocycles. The van der Waals surface area contributed by atoms with Crippen LogP contribution in [0, 0.1) is 0 Å². The van der Waals surface area contributed by atoms with Crippen LogP contribution in [0.25, 0.3) is 0 Å².